The van der Waals surface area contributed by atoms with Crippen molar-refractivity contribution < 1.29 is 9.53 Å². The van der Waals surface area contributed by atoms with E-state index in [2.05, 4.69) is 35.7 Å². The molecule has 3 N–H and O–H groups in total. The van der Waals surface area contributed by atoms with Crippen molar-refractivity contribution in [3.8, 4) is 28.3 Å². The monoisotopic (exact) mass is 425 g/mol. The zero-order chi connectivity index (χ0) is 22.1. The second-order valence-electron chi connectivity index (χ2n) is 7.18. The molecule has 0 fully saturated rings. The molecule has 0 saturated heterocycles. The van der Waals surface area contributed by atoms with Crippen LogP contribution in [0.25, 0.3) is 33.4 Å². The van der Waals surface area contributed by atoms with Crippen LogP contribution in [0.3, 0.4) is 0 Å². The first-order chi connectivity index (χ1) is 15.7. The molecule has 9 nitrogen and oxygen atoms in total. The number of fused-ring (bicyclic) bond motifs is 1. The third-order valence-corrected chi connectivity index (χ3v) is 5.24. The first-order valence-corrected chi connectivity index (χ1v) is 9.89. The van der Waals surface area contributed by atoms with Crippen molar-refractivity contribution in [3.63, 3.8) is 0 Å². The Morgan fingerprint density at radius 2 is 1.84 bits per heavy atom. The predicted molar refractivity (Wildman–Crippen MR) is 120 cm³/mol. The predicted octanol–water partition coefficient (Wildman–Crippen LogP) is 3.98. The first kappa shape index (κ1) is 19.4. The summed E-state index contributed by atoms with van der Waals surface area (Å²) in [6.07, 6.45) is 4.73. The van der Waals surface area contributed by atoms with Gasteiger partial charge in [-0.25, -0.2) is 9.97 Å². The van der Waals surface area contributed by atoms with Gasteiger partial charge in [0.2, 0.25) is 0 Å². The molecule has 1 amide bonds. The van der Waals surface area contributed by atoms with E-state index in [-0.39, 0.29) is 5.91 Å². The van der Waals surface area contributed by atoms with E-state index in [9.17, 15) is 4.79 Å². The van der Waals surface area contributed by atoms with Crippen LogP contribution in [0.15, 0.2) is 61.2 Å². The Labute approximate surface area is 182 Å². The molecule has 0 aliphatic carbocycles. The molecule has 3 heterocycles. The summed E-state index contributed by atoms with van der Waals surface area (Å²) in [6.45, 7) is 1.79. The Hall–Kier alpha value is -4.53. The van der Waals surface area contributed by atoms with Crippen LogP contribution in [0.4, 0.5) is 5.69 Å². The maximum atomic E-state index is 12.8. The van der Waals surface area contributed by atoms with Crippen LogP contribution in [-0.4, -0.2) is 43.4 Å². The van der Waals surface area contributed by atoms with E-state index in [0.29, 0.717) is 33.9 Å². The number of carbonyl (C=O) groups excluding carboxylic acids is 1. The van der Waals surface area contributed by atoms with Crippen molar-refractivity contribution in [1.29, 1.82) is 0 Å². The maximum absolute atomic E-state index is 12.8. The molecule has 0 saturated carbocycles. The molecule has 5 rings (SSSR count). The highest BCUT2D eigenvalue weighted by Crippen LogP contribution is 2.37. The Balaban J connectivity index is 1.64. The number of hydrogen-bond donors (Lipinski definition) is 3. The van der Waals surface area contributed by atoms with E-state index in [0.717, 1.165) is 22.2 Å². The van der Waals surface area contributed by atoms with E-state index in [1.54, 1.807) is 26.3 Å². The minimum atomic E-state index is -0.291. The number of H-pyrrole nitrogens is 2. The van der Waals surface area contributed by atoms with Crippen LogP contribution in [0.5, 0.6) is 5.75 Å². The molecule has 32 heavy (non-hydrogen) atoms. The van der Waals surface area contributed by atoms with Crippen molar-refractivity contribution in [2.75, 3.05) is 12.4 Å². The van der Waals surface area contributed by atoms with Gasteiger partial charge in [0.15, 0.2) is 0 Å². The number of ether oxygens (including phenoxy) is 1. The lowest BCUT2D eigenvalue weighted by atomic mass is 10.0. The van der Waals surface area contributed by atoms with Crippen LogP contribution in [0.2, 0.25) is 0 Å². The number of methoxy groups -OCH3 is 1. The fraction of sp³-hybridized carbons (Fsp3) is 0.0870. The van der Waals surface area contributed by atoms with Gasteiger partial charge in [0.05, 0.1) is 47.7 Å². The number of rotatable bonds is 5. The number of anilines is 1. The highest BCUT2D eigenvalue weighted by atomic mass is 16.5. The molecule has 0 unspecified atom stereocenters. The number of aromatic amines is 2. The second kappa shape index (κ2) is 7.95. The van der Waals surface area contributed by atoms with E-state index < -0.39 is 0 Å². The van der Waals surface area contributed by atoms with E-state index in [4.69, 9.17) is 4.74 Å². The standard InChI is InChI=1S/C23H19N7O2/c1-13-16(10-26-29-13)23(31)28-19-8-15-18(9-20(19)32-2)24-12-25-22(15)17-11-27-30-21(17)14-6-4-3-5-7-14/h3-12H,1-2H3,(H,26,29)(H,27,30)(H,28,31). The third-order valence-electron chi connectivity index (χ3n) is 5.24. The second-order valence-corrected chi connectivity index (χ2v) is 7.18. The van der Waals surface area contributed by atoms with E-state index >= 15 is 0 Å². The molecule has 0 bridgehead atoms. The van der Waals surface area contributed by atoms with Crippen LogP contribution in [0, 0.1) is 6.92 Å². The van der Waals surface area contributed by atoms with Crippen molar-refractivity contribution in [2.24, 2.45) is 0 Å². The summed E-state index contributed by atoms with van der Waals surface area (Å²) in [5.74, 6) is 0.202. The normalized spacial score (nSPS) is 10.9. The number of hydrogen-bond acceptors (Lipinski definition) is 6. The molecule has 0 radical (unpaired) electrons. The number of aryl methyl sites for hydroxylation is 1. The maximum Gasteiger partial charge on any atom is 0.259 e. The topological polar surface area (TPSA) is 121 Å². The third kappa shape index (κ3) is 3.35. The summed E-state index contributed by atoms with van der Waals surface area (Å²) in [5.41, 5.74) is 5.69. The number of nitrogens with one attached hydrogen (secondary N) is 3. The van der Waals surface area contributed by atoms with Crippen LogP contribution < -0.4 is 10.1 Å². The number of carbonyl (C=O) groups is 1. The van der Waals surface area contributed by atoms with Gasteiger partial charge >= 0.3 is 0 Å². The highest BCUT2D eigenvalue weighted by molar-refractivity contribution is 6.07. The molecule has 3 aromatic heterocycles. The smallest absolute Gasteiger partial charge is 0.259 e. The first-order valence-electron chi connectivity index (χ1n) is 9.89. The molecule has 2 aromatic carbocycles. The number of nitrogens with zero attached hydrogens (tertiary/aromatic N) is 4. The summed E-state index contributed by atoms with van der Waals surface area (Å²) >= 11 is 0. The summed E-state index contributed by atoms with van der Waals surface area (Å²) < 4.78 is 5.51. The van der Waals surface area contributed by atoms with Crippen LogP contribution in [0.1, 0.15) is 16.1 Å². The number of amides is 1. The van der Waals surface area contributed by atoms with E-state index in [1.165, 1.54) is 12.5 Å². The minimum Gasteiger partial charge on any atom is -0.494 e. The Morgan fingerprint density at radius 1 is 1.03 bits per heavy atom. The number of aromatic nitrogens is 6. The lowest BCUT2D eigenvalue weighted by Crippen LogP contribution is -2.13. The summed E-state index contributed by atoms with van der Waals surface area (Å²) in [6, 6.07) is 13.5. The molecular weight excluding hydrogens is 406 g/mol. The molecule has 5 aromatic rings. The lowest BCUT2D eigenvalue weighted by Gasteiger charge is -2.13. The quantitative estimate of drug-likeness (QED) is 0.392. The van der Waals surface area contributed by atoms with Crippen molar-refractivity contribution in [3.05, 3.63) is 72.4 Å². The average molecular weight is 425 g/mol. The fourth-order valence-corrected chi connectivity index (χ4v) is 3.62. The Morgan fingerprint density at radius 3 is 2.59 bits per heavy atom. The van der Waals surface area contributed by atoms with E-state index in [1.807, 2.05) is 36.4 Å². The highest BCUT2D eigenvalue weighted by Gasteiger charge is 2.18. The molecule has 158 valence electrons. The van der Waals surface area contributed by atoms with Crippen LogP contribution in [-0.2, 0) is 0 Å². The molecule has 0 spiro atoms. The Bertz CT molecular complexity index is 1420. The zero-order valence-electron chi connectivity index (χ0n) is 17.4. The Kier molecular flexibility index (Phi) is 4.83. The van der Waals surface area contributed by atoms with Gasteiger partial charge in [-0.05, 0) is 13.0 Å². The van der Waals surface area contributed by atoms with Gasteiger partial charge in [-0.3, -0.25) is 15.0 Å². The molecule has 0 aliphatic heterocycles. The SMILES string of the molecule is COc1cc2ncnc(-c3cn[nH]c3-c3ccccc3)c2cc1NC(=O)c1cn[nH]c1C. The lowest BCUT2D eigenvalue weighted by molar-refractivity contribution is 0.102. The van der Waals surface area contributed by atoms with Gasteiger partial charge in [0.1, 0.15) is 12.1 Å². The summed E-state index contributed by atoms with van der Waals surface area (Å²) in [5, 5.41) is 17.7. The average Bonchev–Trinajstić information content (AvgIpc) is 3.48. The number of benzene rings is 2. The van der Waals surface area contributed by atoms with Gasteiger partial charge < -0.3 is 10.1 Å². The largest absolute Gasteiger partial charge is 0.494 e. The minimum absolute atomic E-state index is 0.291. The molecule has 0 aliphatic rings. The van der Waals surface area contributed by atoms with Gasteiger partial charge in [-0.1, -0.05) is 30.3 Å². The summed E-state index contributed by atoms with van der Waals surface area (Å²) in [4.78, 5) is 21.7. The molecule has 9 heteroatoms. The van der Waals surface area contributed by atoms with Crippen LogP contribution >= 0.6 is 0 Å². The van der Waals surface area contributed by atoms with Gasteiger partial charge in [0.25, 0.3) is 5.91 Å². The van der Waals surface area contributed by atoms with Crippen molar-refractivity contribution >= 4 is 22.5 Å². The van der Waals surface area contributed by atoms with Crippen molar-refractivity contribution in [2.45, 2.75) is 6.92 Å². The van der Waals surface area contributed by atoms with Gasteiger partial charge in [0, 0.05) is 28.3 Å². The molecule has 0 atom stereocenters. The van der Waals surface area contributed by atoms with Gasteiger partial charge in [-0.2, -0.15) is 10.2 Å². The van der Waals surface area contributed by atoms with Crippen molar-refractivity contribution in [1.82, 2.24) is 30.4 Å². The zero-order valence-corrected chi connectivity index (χ0v) is 17.4. The summed E-state index contributed by atoms with van der Waals surface area (Å²) in [7, 11) is 1.55. The van der Waals surface area contributed by atoms with Gasteiger partial charge in [-0.15, -0.1) is 0 Å². The fourth-order valence-electron chi connectivity index (χ4n) is 3.62. The molecular formula is C23H19N7O2.